The molecule has 0 saturated heterocycles. The quantitative estimate of drug-likeness (QED) is 0.568. The van der Waals surface area contributed by atoms with Gasteiger partial charge in [0.25, 0.3) is 0 Å². The minimum Gasteiger partial charge on any atom is -0.356 e. The fraction of sp³-hybridized carbons (Fsp3) is 0.231. The number of hydrogen-bond donors (Lipinski definition) is 2. The van der Waals surface area contributed by atoms with Gasteiger partial charge in [0.1, 0.15) is 0 Å². The van der Waals surface area contributed by atoms with Crippen LogP contribution in [-0.4, -0.2) is 29.6 Å². The van der Waals surface area contributed by atoms with Crippen LogP contribution in [0.25, 0.3) is 6.08 Å². The minimum absolute atomic E-state index is 0.104. The average Bonchev–Trinajstić information content (AvgIpc) is 2.38. The first kappa shape index (κ1) is 14.6. The summed E-state index contributed by atoms with van der Waals surface area (Å²) in [5.74, 6) is -0.546. The van der Waals surface area contributed by atoms with Crippen LogP contribution in [-0.2, 0) is 14.4 Å². The summed E-state index contributed by atoms with van der Waals surface area (Å²) < 4.78 is 0. The third kappa shape index (κ3) is 6.11. The number of pyridine rings is 1. The van der Waals surface area contributed by atoms with E-state index in [1.807, 2.05) is 0 Å². The maximum atomic E-state index is 11.5. The third-order valence-corrected chi connectivity index (χ3v) is 2.13. The summed E-state index contributed by atoms with van der Waals surface area (Å²) in [7, 11) is 0. The highest BCUT2D eigenvalue weighted by atomic mass is 16.2. The van der Waals surface area contributed by atoms with E-state index in [1.54, 1.807) is 24.4 Å². The molecule has 0 aromatic carbocycles. The number of carbonyl (C=O) groups is 3. The van der Waals surface area contributed by atoms with E-state index in [4.69, 9.17) is 0 Å². The summed E-state index contributed by atoms with van der Waals surface area (Å²) in [6.07, 6.45) is 3.72. The molecule has 0 aliphatic heterocycles. The molecule has 0 aliphatic carbocycles. The van der Waals surface area contributed by atoms with Crippen LogP contribution in [0.3, 0.4) is 0 Å². The maximum absolute atomic E-state index is 11.5. The van der Waals surface area contributed by atoms with Crippen LogP contribution in [0.4, 0.5) is 0 Å². The molecule has 0 atom stereocenters. The Bertz CT molecular complexity index is 483. The molecular weight excluding hydrogens is 246 g/mol. The number of aldehydes is 1. The van der Waals surface area contributed by atoms with Gasteiger partial charge in [0.05, 0.1) is 11.4 Å². The molecule has 0 saturated carbocycles. The predicted molar refractivity (Wildman–Crippen MR) is 69.7 cm³/mol. The Balaban J connectivity index is 2.53. The van der Waals surface area contributed by atoms with E-state index in [-0.39, 0.29) is 30.5 Å². The molecule has 19 heavy (non-hydrogen) atoms. The second kappa shape index (κ2) is 7.75. The number of nitrogens with one attached hydrogen (secondary N) is 2. The van der Waals surface area contributed by atoms with Crippen molar-refractivity contribution in [3.05, 3.63) is 35.8 Å². The molecule has 0 radical (unpaired) electrons. The summed E-state index contributed by atoms with van der Waals surface area (Å²) in [5.41, 5.74) is 0.707. The van der Waals surface area contributed by atoms with Gasteiger partial charge in [-0.3, -0.25) is 19.4 Å². The van der Waals surface area contributed by atoms with Gasteiger partial charge < -0.3 is 10.6 Å². The molecule has 100 valence electrons. The molecule has 2 N–H and O–H groups in total. The van der Waals surface area contributed by atoms with Gasteiger partial charge in [0.2, 0.25) is 11.8 Å². The van der Waals surface area contributed by atoms with E-state index in [2.05, 4.69) is 15.6 Å². The topological polar surface area (TPSA) is 88.2 Å². The van der Waals surface area contributed by atoms with Crippen LogP contribution in [0.1, 0.15) is 19.0 Å². The summed E-state index contributed by atoms with van der Waals surface area (Å²) in [6.45, 7) is 1.60. The van der Waals surface area contributed by atoms with Gasteiger partial charge in [0, 0.05) is 26.1 Å². The number of allylic oxidation sites excluding steroid dienone is 1. The number of nitrogens with zero attached hydrogens (tertiary/aromatic N) is 1. The molecule has 0 fully saturated rings. The Labute approximate surface area is 110 Å². The highest BCUT2D eigenvalue weighted by Gasteiger charge is 2.04. The molecule has 1 aromatic rings. The zero-order valence-corrected chi connectivity index (χ0v) is 10.6. The van der Waals surface area contributed by atoms with E-state index >= 15 is 0 Å². The SMILES string of the molecule is CC(=O)NCCC(=O)NC(C=O)=Cc1ccccn1. The normalized spacial score (nSPS) is 10.7. The van der Waals surface area contributed by atoms with Crippen molar-refractivity contribution in [3.8, 4) is 0 Å². The van der Waals surface area contributed by atoms with Crippen molar-refractivity contribution in [2.45, 2.75) is 13.3 Å². The van der Waals surface area contributed by atoms with Gasteiger partial charge in [0.15, 0.2) is 6.29 Å². The lowest BCUT2D eigenvalue weighted by Crippen LogP contribution is -2.29. The monoisotopic (exact) mass is 261 g/mol. The molecule has 0 spiro atoms. The van der Waals surface area contributed by atoms with Gasteiger partial charge in [-0.25, -0.2) is 0 Å². The highest BCUT2D eigenvalue weighted by Crippen LogP contribution is 1.99. The van der Waals surface area contributed by atoms with Gasteiger partial charge in [-0.05, 0) is 18.2 Å². The second-order valence-corrected chi connectivity index (χ2v) is 3.75. The Hall–Kier alpha value is -2.50. The Morgan fingerprint density at radius 3 is 2.74 bits per heavy atom. The van der Waals surface area contributed by atoms with Gasteiger partial charge in [-0.1, -0.05) is 6.07 Å². The molecular formula is C13H15N3O3. The van der Waals surface area contributed by atoms with Crippen LogP contribution < -0.4 is 10.6 Å². The minimum atomic E-state index is -0.344. The average molecular weight is 261 g/mol. The van der Waals surface area contributed by atoms with Crippen molar-refractivity contribution in [3.63, 3.8) is 0 Å². The van der Waals surface area contributed by atoms with E-state index < -0.39 is 0 Å². The van der Waals surface area contributed by atoms with Gasteiger partial charge >= 0.3 is 0 Å². The lowest BCUT2D eigenvalue weighted by Gasteiger charge is -2.04. The zero-order valence-electron chi connectivity index (χ0n) is 10.6. The molecule has 0 unspecified atom stereocenters. The molecule has 1 rings (SSSR count). The van der Waals surface area contributed by atoms with Crippen molar-refractivity contribution in [1.29, 1.82) is 0 Å². The molecule has 6 nitrogen and oxygen atoms in total. The largest absolute Gasteiger partial charge is 0.356 e. The number of amides is 2. The summed E-state index contributed by atoms with van der Waals surface area (Å²) in [4.78, 5) is 37.0. The number of carbonyl (C=O) groups excluding carboxylic acids is 3. The van der Waals surface area contributed by atoms with Crippen LogP contribution in [0.5, 0.6) is 0 Å². The van der Waals surface area contributed by atoms with Crippen molar-refractivity contribution < 1.29 is 14.4 Å². The predicted octanol–water partition coefficient (Wildman–Crippen LogP) is 0.264. The second-order valence-electron chi connectivity index (χ2n) is 3.75. The number of hydrogen-bond acceptors (Lipinski definition) is 4. The molecule has 1 aromatic heterocycles. The first-order valence-electron chi connectivity index (χ1n) is 5.74. The Kier molecular flexibility index (Phi) is 5.94. The Morgan fingerprint density at radius 2 is 2.16 bits per heavy atom. The molecule has 0 aliphatic rings. The summed E-state index contributed by atoms with van der Waals surface area (Å²) in [5, 5.41) is 4.95. The van der Waals surface area contributed by atoms with Crippen LogP contribution in [0.15, 0.2) is 30.1 Å². The first-order valence-corrected chi connectivity index (χ1v) is 5.74. The fourth-order valence-electron chi connectivity index (χ4n) is 1.30. The molecule has 0 bridgehead atoms. The van der Waals surface area contributed by atoms with Crippen molar-refractivity contribution in [1.82, 2.24) is 15.6 Å². The third-order valence-electron chi connectivity index (χ3n) is 2.13. The van der Waals surface area contributed by atoms with E-state index in [9.17, 15) is 14.4 Å². The standard InChI is InChI=1S/C13H15N3O3/c1-10(18)14-7-5-13(19)16-12(9-17)8-11-4-2-3-6-15-11/h2-4,6,8-9H,5,7H2,1H3,(H,14,18)(H,16,19). The smallest absolute Gasteiger partial charge is 0.226 e. The molecule has 6 heteroatoms. The first-order chi connectivity index (χ1) is 9.11. The van der Waals surface area contributed by atoms with Crippen LogP contribution in [0, 0.1) is 0 Å². The fourth-order valence-corrected chi connectivity index (χ4v) is 1.30. The van der Waals surface area contributed by atoms with Gasteiger partial charge in [-0.15, -0.1) is 0 Å². The number of rotatable bonds is 6. The lowest BCUT2D eigenvalue weighted by molar-refractivity contribution is -0.121. The van der Waals surface area contributed by atoms with Crippen LogP contribution in [0.2, 0.25) is 0 Å². The van der Waals surface area contributed by atoms with Crippen molar-refractivity contribution >= 4 is 24.2 Å². The number of aromatic nitrogens is 1. The van der Waals surface area contributed by atoms with E-state index in [0.29, 0.717) is 12.0 Å². The van der Waals surface area contributed by atoms with E-state index in [0.717, 1.165) is 0 Å². The summed E-state index contributed by atoms with van der Waals surface area (Å²) >= 11 is 0. The van der Waals surface area contributed by atoms with E-state index in [1.165, 1.54) is 13.0 Å². The zero-order chi connectivity index (χ0) is 14.1. The molecule has 1 heterocycles. The van der Waals surface area contributed by atoms with Crippen molar-refractivity contribution in [2.24, 2.45) is 0 Å². The van der Waals surface area contributed by atoms with Crippen molar-refractivity contribution in [2.75, 3.05) is 6.54 Å². The summed E-state index contributed by atoms with van der Waals surface area (Å²) in [6, 6.07) is 5.25. The highest BCUT2D eigenvalue weighted by molar-refractivity contribution is 5.89. The van der Waals surface area contributed by atoms with Gasteiger partial charge in [-0.2, -0.15) is 0 Å². The maximum Gasteiger partial charge on any atom is 0.226 e. The van der Waals surface area contributed by atoms with Crippen LogP contribution >= 0.6 is 0 Å². The Morgan fingerprint density at radius 1 is 1.37 bits per heavy atom. The molecule has 2 amide bonds. The lowest BCUT2D eigenvalue weighted by atomic mass is 10.3.